The summed E-state index contributed by atoms with van der Waals surface area (Å²) in [5.41, 5.74) is 0.933. The lowest BCUT2D eigenvalue weighted by molar-refractivity contribution is -0.131. The van der Waals surface area contributed by atoms with Gasteiger partial charge in [0.25, 0.3) is 0 Å². The quantitative estimate of drug-likeness (QED) is 0.612. The van der Waals surface area contributed by atoms with Gasteiger partial charge in [-0.25, -0.2) is 4.79 Å². The fraction of sp³-hybridized carbons (Fsp3) is 0.625. The third-order valence-corrected chi connectivity index (χ3v) is 1.10. The Morgan fingerprint density at radius 2 is 2.10 bits per heavy atom. The van der Waals surface area contributed by atoms with Crippen molar-refractivity contribution in [1.29, 1.82) is 0 Å². The summed E-state index contributed by atoms with van der Waals surface area (Å²) in [7, 11) is 0. The second-order valence-corrected chi connectivity index (χ2v) is 2.93. The normalized spacial score (nSPS) is 12.2. The van der Waals surface area contributed by atoms with Gasteiger partial charge in [0, 0.05) is 6.08 Å². The zero-order chi connectivity index (χ0) is 8.15. The number of carbonyl (C=O) groups is 1. The molecule has 0 aromatic heterocycles. The van der Waals surface area contributed by atoms with Gasteiger partial charge in [0.05, 0.1) is 0 Å². The molecule has 0 saturated heterocycles. The summed E-state index contributed by atoms with van der Waals surface area (Å²) in [6.07, 6.45) is 2.13. The van der Waals surface area contributed by atoms with Crippen molar-refractivity contribution < 1.29 is 9.90 Å². The molecule has 0 heterocycles. The first-order valence-electron chi connectivity index (χ1n) is 3.42. The van der Waals surface area contributed by atoms with Crippen LogP contribution in [0, 0.1) is 5.92 Å². The highest BCUT2D eigenvalue weighted by Crippen LogP contribution is 2.08. The number of allylic oxidation sites excluding steroid dienone is 1. The monoisotopic (exact) mass is 142 g/mol. The van der Waals surface area contributed by atoms with E-state index >= 15 is 0 Å². The molecule has 0 aromatic carbocycles. The first kappa shape index (κ1) is 9.21. The molecule has 2 heteroatoms. The summed E-state index contributed by atoms with van der Waals surface area (Å²) < 4.78 is 0. The molecule has 0 amide bonds. The summed E-state index contributed by atoms with van der Waals surface area (Å²) in [6.45, 7) is 5.98. The molecule has 0 aliphatic rings. The molecule has 0 saturated carbocycles. The van der Waals surface area contributed by atoms with Crippen LogP contribution in [0.3, 0.4) is 0 Å². The topological polar surface area (TPSA) is 37.3 Å². The summed E-state index contributed by atoms with van der Waals surface area (Å²) in [6, 6.07) is 0. The Labute approximate surface area is 61.6 Å². The smallest absolute Gasteiger partial charge is 0.328 e. The first-order valence-corrected chi connectivity index (χ1v) is 3.42. The summed E-state index contributed by atoms with van der Waals surface area (Å²) in [5.74, 6) is -0.311. The number of hydrogen-bond donors (Lipinski definition) is 1. The minimum absolute atomic E-state index is 0.538. The van der Waals surface area contributed by atoms with Crippen molar-refractivity contribution in [3.63, 3.8) is 0 Å². The Balaban J connectivity index is 3.83. The second-order valence-electron chi connectivity index (χ2n) is 2.93. The van der Waals surface area contributed by atoms with Crippen LogP contribution in [0.1, 0.15) is 27.2 Å². The summed E-state index contributed by atoms with van der Waals surface area (Å²) in [5, 5.41) is 8.32. The van der Waals surface area contributed by atoms with E-state index in [0.29, 0.717) is 5.92 Å². The predicted molar refractivity (Wildman–Crippen MR) is 40.8 cm³/mol. The minimum Gasteiger partial charge on any atom is -0.478 e. The van der Waals surface area contributed by atoms with Gasteiger partial charge >= 0.3 is 5.97 Å². The van der Waals surface area contributed by atoms with Gasteiger partial charge in [-0.15, -0.1) is 0 Å². The van der Waals surface area contributed by atoms with Gasteiger partial charge < -0.3 is 5.11 Å². The Hall–Kier alpha value is -0.790. The molecule has 0 unspecified atom stereocenters. The molecule has 0 aliphatic heterocycles. The van der Waals surface area contributed by atoms with Crippen LogP contribution in [0.4, 0.5) is 0 Å². The SMILES string of the molecule is C/C(=C/C(=O)O)CC(C)C. The molecule has 58 valence electrons. The number of carboxylic acid groups (broad SMARTS) is 1. The van der Waals surface area contributed by atoms with Crippen molar-refractivity contribution >= 4 is 5.97 Å². The molecule has 0 aromatic rings. The predicted octanol–water partition coefficient (Wildman–Crippen LogP) is 2.06. The Bertz CT molecular complexity index is 145. The number of rotatable bonds is 3. The lowest BCUT2D eigenvalue weighted by atomic mass is 10.0. The first-order chi connectivity index (χ1) is 4.52. The van der Waals surface area contributed by atoms with Crippen LogP contribution in [0.25, 0.3) is 0 Å². The zero-order valence-electron chi connectivity index (χ0n) is 6.72. The van der Waals surface area contributed by atoms with Gasteiger partial charge in [0.15, 0.2) is 0 Å². The molecule has 1 N–H and O–H groups in total. The van der Waals surface area contributed by atoms with Crippen LogP contribution < -0.4 is 0 Å². The van der Waals surface area contributed by atoms with Gasteiger partial charge in [-0.2, -0.15) is 0 Å². The van der Waals surface area contributed by atoms with Gasteiger partial charge in [-0.3, -0.25) is 0 Å². The van der Waals surface area contributed by atoms with E-state index in [9.17, 15) is 4.79 Å². The van der Waals surface area contributed by atoms with Crippen LogP contribution in [0.5, 0.6) is 0 Å². The molecule has 0 aliphatic carbocycles. The third-order valence-electron chi connectivity index (χ3n) is 1.10. The lowest BCUT2D eigenvalue weighted by Gasteiger charge is -2.02. The number of hydrogen-bond acceptors (Lipinski definition) is 1. The van der Waals surface area contributed by atoms with E-state index in [1.165, 1.54) is 6.08 Å². The number of aliphatic carboxylic acids is 1. The molecule has 10 heavy (non-hydrogen) atoms. The largest absolute Gasteiger partial charge is 0.478 e. The molecule has 0 fully saturated rings. The molecule has 0 rings (SSSR count). The molecule has 0 atom stereocenters. The average Bonchev–Trinajstić information content (AvgIpc) is 1.58. The fourth-order valence-electron chi connectivity index (χ4n) is 0.914. The lowest BCUT2D eigenvalue weighted by Crippen LogP contribution is -1.93. The van der Waals surface area contributed by atoms with E-state index < -0.39 is 5.97 Å². The second kappa shape index (κ2) is 4.09. The van der Waals surface area contributed by atoms with Crippen molar-refractivity contribution in [3.05, 3.63) is 11.6 Å². The molecule has 0 spiro atoms. The van der Waals surface area contributed by atoms with Gasteiger partial charge in [-0.05, 0) is 19.3 Å². The fourth-order valence-corrected chi connectivity index (χ4v) is 0.914. The van der Waals surface area contributed by atoms with Crippen LogP contribution in [-0.2, 0) is 4.79 Å². The van der Waals surface area contributed by atoms with Crippen molar-refractivity contribution in [2.75, 3.05) is 0 Å². The van der Waals surface area contributed by atoms with E-state index in [1.807, 2.05) is 6.92 Å². The molecular weight excluding hydrogens is 128 g/mol. The van der Waals surface area contributed by atoms with Crippen LogP contribution in [-0.4, -0.2) is 11.1 Å². The highest BCUT2D eigenvalue weighted by molar-refractivity contribution is 5.80. The van der Waals surface area contributed by atoms with E-state index in [4.69, 9.17) is 5.11 Å². The molecule has 2 nitrogen and oxygen atoms in total. The molecule has 0 radical (unpaired) electrons. The Morgan fingerprint density at radius 3 is 2.40 bits per heavy atom. The van der Waals surface area contributed by atoms with Crippen LogP contribution in [0.15, 0.2) is 11.6 Å². The average molecular weight is 142 g/mol. The maximum Gasteiger partial charge on any atom is 0.328 e. The van der Waals surface area contributed by atoms with Gasteiger partial charge in [0.1, 0.15) is 0 Å². The Morgan fingerprint density at radius 1 is 1.60 bits per heavy atom. The minimum atomic E-state index is -0.849. The van der Waals surface area contributed by atoms with Crippen molar-refractivity contribution in [1.82, 2.24) is 0 Å². The van der Waals surface area contributed by atoms with Crippen molar-refractivity contribution in [2.24, 2.45) is 5.92 Å². The van der Waals surface area contributed by atoms with Crippen molar-refractivity contribution in [3.8, 4) is 0 Å². The van der Waals surface area contributed by atoms with E-state index in [-0.39, 0.29) is 0 Å². The van der Waals surface area contributed by atoms with E-state index in [1.54, 1.807) is 0 Å². The molecule has 0 bridgehead atoms. The third kappa shape index (κ3) is 5.35. The summed E-state index contributed by atoms with van der Waals surface area (Å²) in [4.78, 5) is 10.1. The van der Waals surface area contributed by atoms with Crippen LogP contribution in [0.2, 0.25) is 0 Å². The van der Waals surface area contributed by atoms with E-state index in [2.05, 4.69) is 13.8 Å². The zero-order valence-corrected chi connectivity index (χ0v) is 6.72. The maximum atomic E-state index is 10.1. The Kier molecular flexibility index (Phi) is 3.77. The number of carboxylic acids is 1. The molecular formula is C8H14O2. The van der Waals surface area contributed by atoms with Crippen molar-refractivity contribution in [2.45, 2.75) is 27.2 Å². The van der Waals surface area contributed by atoms with Gasteiger partial charge in [-0.1, -0.05) is 19.4 Å². The standard InChI is InChI=1S/C8H14O2/c1-6(2)4-7(3)5-8(9)10/h5-6H,4H2,1-3H3,(H,9,10)/b7-5-. The highest BCUT2D eigenvalue weighted by Gasteiger charge is 1.97. The van der Waals surface area contributed by atoms with Crippen LogP contribution >= 0.6 is 0 Å². The highest BCUT2D eigenvalue weighted by atomic mass is 16.4. The summed E-state index contributed by atoms with van der Waals surface area (Å²) >= 11 is 0. The maximum absolute atomic E-state index is 10.1. The van der Waals surface area contributed by atoms with E-state index in [0.717, 1.165) is 12.0 Å². The van der Waals surface area contributed by atoms with Gasteiger partial charge in [0.2, 0.25) is 0 Å².